The molecule has 5 nitrogen and oxygen atoms in total. The van der Waals surface area contributed by atoms with Gasteiger partial charge in [-0.15, -0.1) is 29.8 Å². The summed E-state index contributed by atoms with van der Waals surface area (Å²) >= 11 is 0. The van der Waals surface area contributed by atoms with Crippen LogP contribution in [0.1, 0.15) is 76.3 Å². The number of hydrogen-bond acceptors (Lipinski definition) is 2. The number of imidazole rings is 1. The molecular weight excluding hydrogens is 988 g/mol. The molecule has 0 aliphatic carbocycles. The zero-order chi connectivity index (χ0) is 44.9. The third-order valence-electron chi connectivity index (χ3n) is 13.0. The fraction of sp³-hybridized carbons (Fsp3) is 0.167. The van der Waals surface area contributed by atoms with Gasteiger partial charge in [0.05, 0.1) is 5.69 Å². The molecule has 0 saturated heterocycles. The standard InChI is InChI=1S/C60H52N4O.Pt/c1-58(2,3)46-30-31-61-56(37-46)64-54-29-18-17-28-52(54)57-53(60(6,7)45-24-15-10-16-25-45)39-51(40-55(57)64)65-50-27-19-26-48(38-50)62-32-33-63(41-62)49-35-43(42-20-11-8-12-21-42)34-47(36-49)59(4,5)44-22-13-9-14-23-44;/h8-37,39H,1-7H3;/q-2;. The van der Waals surface area contributed by atoms with Crippen molar-refractivity contribution in [3.8, 4) is 39.8 Å². The van der Waals surface area contributed by atoms with Crippen LogP contribution in [0.4, 0.5) is 0 Å². The predicted octanol–water partition coefficient (Wildman–Crippen LogP) is 14.1. The van der Waals surface area contributed by atoms with Crippen molar-refractivity contribution in [1.29, 1.82) is 0 Å². The van der Waals surface area contributed by atoms with Gasteiger partial charge < -0.3 is 13.9 Å². The first kappa shape index (κ1) is 44.4. The van der Waals surface area contributed by atoms with Gasteiger partial charge in [0.25, 0.3) is 6.33 Å². The zero-order valence-corrected chi connectivity index (χ0v) is 40.7. The number of para-hydroxylation sites is 1. The minimum Gasteiger partial charge on any atom is -0.510 e. The Balaban J connectivity index is 0.00000548. The van der Waals surface area contributed by atoms with Crippen LogP contribution in [-0.2, 0) is 37.3 Å². The summed E-state index contributed by atoms with van der Waals surface area (Å²) in [6.45, 7) is 15.9. The third-order valence-corrected chi connectivity index (χ3v) is 13.0. The van der Waals surface area contributed by atoms with Crippen LogP contribution < -0.4 is 9.30 Å². The molecule has 3 aromatic heterocycles. The monoisotopic (exact) mass is 1040 g/mol. The molecule has 0 radical (unpaired) electrons. The molecule has 0 amide bonds. The van der Waals surface area contributed by atoms with Gasteiger partial charge in [0, 0.05) is 62.1 Å². The molecule has 330 valence electrons. The minimum absolute atomic E-state index is 0. The van der Waals surface area contributed by atoms with Crippen molar-refractivity contribution < 1.29 is 30.4 Å². The van der Waals surface area contributed by atoms with Crippen molar-refractivity contribution in [1.82, 2.24) is 14.1 Å². The molecule has 7 aromatic carbocycles. The van der Waals surface area contributed by atoms with Crippen molar-refractivity contribution in [2.45, 2.75) is 64.7 Å². The number of ether oxygens (including phenoxy) is 1. The van der Waals surface area contributed by atoms with E-state index >= 15 is 0 Å². The molecule has 0 N–H and O–H groups in total. The van der Waals surface area contributed by atoms with Gasteiger partial charge in [0.1, 0.15) is 5.82 Å². The largest absolute Gasteiger partial charge is 0.510 e. The first-order valence-corrected chi connectivity index (χ1v) is 22.4. The fourth-order valence-electron chi connectivity index (χ4n) is 9.07. The summed E-state index contributed by atoms with van der Waals surface area (Å²) in [7, 11) is 0. The second-order valence-corrected chi connectivity index (χ2v) is 19.0. The third kappa shape index (κ3) is 8.33. The van der Waals surface area contributed by atoms with Crippen LogP contribution in [0.15, 0.2) is 188 Å². The van der Waals surface area contributed by atoms with Gasteiger partial charge >= 0.3 is 0 Å². The Hall–Kier alpha value is -6.81. The van der Waals surface area contributed by atoms with Crippen LogP contribution in [0.25, 0.3) is 50.1 Å². The normalized spacial score (nSPS) is 12.0. The Morgan fingerprint density at radius 1 is 0.561 bits per heavy atom. The Labute approximate surface area is 403 Å². The van der Waals surface area contributed by atoms with E-state index in [-0.39, 0.29) is 31.9 Å². The van der Waals surface area contributed by atoms with E-state index in [1.165, 1.54) is 22.3 Å². The van der Waals surface area contributed by atoms with Gasteiger partial charge in [-0.25, -0.2) is 4.98 Å². The molecule has 0 spiro atoms. The van der Waals surface area contributed by atoms with Crippen LogP contribution in [0.5, 0.6) is 11.5 Å². The maximum absolute atomic E-state index is 6.86. The SMILES string of the molecule is CC(C)(C)c1ccnc(-n2c3[c-]c(Oc4[c-]c(-n5[c-][n+](-c6cc(-c7ccccc7)cc(C(C)(C)c7ccccc7)c6)cc5)ccc4)cc(C(C)(C)c4ccccc4)c3c3ccccc32)c1.[Pt]. The molecule has 0 unspecified atom stereocenters. The molecule has 10 aromatic rings. The van der Waals surface area contributed by atoms with Gasteiger partial charge in [-0.1, -0.05) is 175 Å². The average Bonchev–Trinajstić information content (AvgIpc) is 3.96. The molecule has 10 rings (SSSR count). The van der Waals surface area contributed by atoms with E-state index in [2.05, 4.69) is 228 Å². The minimum atomic E-state index is -0.393. The van der Waals surface area contributed by atoms with Crippen molar-refractivity contribution in [2.75, 3.05) is 0 Å². The van der Waals surface area contributed by atoms with E-state index < -0.39 is 5.41 Å². The van der Waals surface area contributed by atoms with E-state index in [0.29, 0.717) is 11.5 Å². The second kappa shape index (κ2) is 17.5. The number of benzene rings is 7. The van der Waals surface area contributed by atoms with Crippen molar-refractivity contribution >= 4 is 21.8 Å². The van der Waals surface area contributed by atoms with E-state index in [1.54, 1.807) is 0 Å². The number of fused-ring (bicyclic) bond motifs is 3. The molecule has 0 fully saturated rings. The average molecular weight is 1040 g/mol. The van der Waals surface area contributed by atoms with E-state index in [9.17, 15) is 0 Å². The van der Waals surface area contributed by atoms with Gasteiger partial charge in [-0.05, 0) is 85.6 Å². The van der Waals surface area contributed by atoms with Gasteiger partial charge in [0.2, 0.25) is 0 Å². The van der Waals surface area contributed by atoms with Crippen LogP contribution in [0.3, 0.4) is 0 Å². The first-order valence-electron chi connectivity index (χ1n) is 22.4. The molecule has 0 bridgehead atoms. The number of pyridine rings is 1. The molecule has 0 aliphatic heterocycles. The number of hydrogen-bond donors (Lipinski definition) is 0. The van der Waals surface area contributed by atoms with Gasteiger partial charge in [0.15, 0.2) is 0 Å². The summed E-state index contributed by atoms with van der Waals surface area (Å²) < 4.78 is 13.1. The Kier molecular flexibility index (Phi) is 11.8. The summed E-state index contributed by atoms with van der Waals surface area (Å²) in [5.41, 5.74) is 11.5. The summed E-state index contributed by atoms with van der Waals surface area (Å²) in [5.74, 6) is 2.01. The fourth-order valence-corrected chi connectivity index (χ4v) is 9.07. The molecular formula is C60H52N4OPt-2. The summed E-state index contributed by atoms with van der Waals surface area (Å²) in [5, 5.41) is 2.27. The van der Waals surface area contributed by atoms with Gasteiger partial charge in [-0.3, -0.25) is 4.57 Å². The number of aromatic nitrogens is 4. The van der Waals surface area contributed by atoms with Crippen molar-refractivity contribution in [3.63, 3.8) is 0 Å². The molecule has 66 heavy (non-hydrogen) atoms. The topological polar surface area (TPSA) is 35.9 Å². The Morgan fingerprint density at radius 2 is 1.23 bits per heavy atom. The molecule has 3 heterocycles. The van der Waals surface area contributed by atoms with E-state index in [1.807, 2.05) is 41.4 Å². The summed E-state index contributed by atoms with van der Waals surface area (Å²) in [6, 6.07) is 67.2. The van der Waals surface area contributed by atoms with E-state index in [4.69, 9.17) is 9.72 Å². The molecule has 0 saturated carbocycles. The van der Waals surface area contributed by atoms with Crippen LogP contribution in [-0.4, -0.2) is 14.1 Å². The second-order valence-electron chi connectivity index (χ2n) is 19.0. The maximum Gasteiger partial charge on any atom is 0.267 e. The molecule has 0 aliphatic rings. The zero-order valence-electron chi connectivity index (χ0n) is 38.4. The smallest absolute Gasteiger partial charge is 0.267 e. The van der Waals surface area contributed by atoms with Crippen molar-refractivity contribution in [3.05, 3.63) is 235 Å². The number of nitrogens with zero attached hydrogens (tertiary/aromatic N) is 4. The molecule has 6 heteroatoms. The summed E-state index contributed by atoms with van der Waals surface area (Å²) in [6.07, 6.45) is 9.57. The van der Waals surface area contributed by atoms with Gasteiger partial charge in [-0.2, -0.15) is 12.1 Å². The first-order chi connectivity index (χ1) is 31.3. The quantitative estimate of drug-likeness (QED) is 0.101. The van der Waals surface area contributed by atoms with Crippen LogP contribution in [0, 0.1) is 18.5 Å². The number of rotatable bonds is 10. The van der Waals surface area contributed by atoms with Crippen molar-refractivity contribution in [2.24, 2.45) is 0 Å². The predicted molar refractivity (Wildman–Crippen MR) is 264 cm³/mol. The van der Waals surface area contributed by atoms with Crippen LogP contribution >= 0.6 is 0 Å². The Morgan fingerprint density at radius 3 is 1.94 bits per heavy atom. The Bertz CT molecular complexity index is 3320. The molecule has 0 atom stereocenters. The van der Waals surface area contributed by atoms with Crippen LogP contribution in [0.2, 0.25) is 0 Å². The maximum atomic E-state index is 6.86. The van der Waals surface area contributed by atoms with E-state index in [0.717, 1.165) is 55.7 Å². The summed E-state index contributed by atoms with van der Waals surface area (Å²) in [4.78, 5) is 4.97.